The number of aromatic nitrogens is 1. The molecule has 3 aromatic heterocycles. The molecule has 11 aromatic carbocycles. The van der Waals surface area contributed by atoms with Gasteiger partial charge in [0.15, 0.2) is 0 Å². The Morgan fingerprint density at radius 3 is 1.60 bits per heavy atom. The Labute approximate surface area is 391 Å². The number of benzene rings is 11. The summed E-state index contributed by atoms with van der Waals surface area (Å²) in [5, 5.41) is 9.30. The van der Waals surface area contributed by atoms with Crippen LogP contribution < -0.4 is 4.90 Å². The Balaban J connectivity index is 0.935. The van der Waals surface area contributed by atoms with E-state index in [0.29, 0.717) is 0 Å². The Hall–Kier alpha value is -9.12. The zero-order chi connectivity index (χ0) is 44.7. The molecule has 0 radical (unpaired) electrons. The molecule has 3 heterocycles. The molecule has 0 aliphatic carbocycles. The molecule has 4 nitrogen and oxygen atoms in total. The third-order valence-electron chi connectivity index (χ3n) is 13.8. The second-order valence-electron chi connectivity index (χ2n) is 17.6. The van der Waals surface area contributed by atoms with Gasteiger partial charge in [-0.2, -0.15) is 0 Å². The predicted octanol–water partition coefficient (Wildman–Crippen LogP) is 18.2. The van der Waals surface area contributed by atoms with Crippen LogP contribution in [0, 0.1) is 0 Å². The Morgan fingerprint density at radius 1 is 0.324 bits per heavy atom. The van der Waals surface area contributed by atoms with E-state index in [-0.39, 0.29) is 0 Å². The normalized spacial score (nSPS) is 11.8. The van der Waals surface area contributed by atoms with E-state index in [0.717, 1.165) is 105 Å². The fourth-order valence-corrected chi connectivity index (χ4v) is 10.7. The summed E-state index contributed by atoms with van der Waals surface area (Å²) < 4.78 is 15.6. The lowest BCUT2D eigenvalue weighted by atomic mass is 9.97. The summed E-state index contributed by atoms with van der Waals surface area (Å²) in [7, 11) is 0. The highest BCUT2D eigenvalue weighted by Crippen LogP contribution is 2.46. The smallest absolute Gasteiger partial charge is 0.143 e. The van der Waals surface area contributed by atoms with E-state index in [9.17, 15) is 0 Å². The Bertz CT molecular complexity index is 4210. The fourth-order valence-electron chi connectivity index (χ4n) is 10.7. The zero-order valence-corrected chi connectivity index (χ0v) is 36.8. The van der Waals surface area contributed by atoms with Crippen LogP contribution in [0.3, 0.4) is 0 Å². The van der Waals surface area contributed by atoms with Crippen LogP contribution in [0.2, 0.25) is 0 Å². The van der Waals surface area contributed by atoms with Crippen LogP contribution in [-0.2, 0) is 0 Å². The van der Waals surface area contributed by atoms with E-state index >= 15 is 0 Å². The summed E-state index contributed by atoms with van der Waals surface area (Å²) in [5.74, 6) is 0. The molecule has 318 valence electrons. The minimum atomic E-state index is 0.873. The van der Waals surface area contributed by atoms with Gasteiger partial charge in [-0.3, -0.25) is 0 Å². The van der Waals surface area contributed by atoms with Crippen LogP contribution in [0.25, 0.3) is 116 Å². The van der Waals surface area contributed by atoms with Gasteiger partial charge in [0.05, 0.1) is 22.4 Å². The standard InChI is InChI=1S/C64H40N2O2/c1-2-16-44-40-62-55(39-43(44)15-1)53-24-13-23-52(64(53)68-62)51-20-6-9-26-57(51)65(46-37-33-42(34-38-46)48-22-14-30-61-63(48)54-21-7-12-29-60(54)67-61)45-35-31-41(32-36-45)47-17-3-8-25-56(47)66-58-27-10-4-18-49(58)50-19-5-11-28-59(50)66/h1-40H. The molecule has 68 heavy (non-hydrogen) atoms. The van der Waals surface area contributed by atoms with Gasteiger partial charge in [-0.15, -0.1) is 0 Å². The van der Waals surface area contributed by atoms with Gasteiger partial charge in [0.25, 0.3) is 0 Å². The van der Waals surface area contributed by atoms with Gasteiger partial charge in [-0.25, -0.2) is 0 Å². The summed E-state index contributed by atoms with van der Waals surface area (Å²) in [5.41, 5.74) is 16.8. The van der Waals surface area contributed by atoms with Gasteiger partial charge in [-0.05, 0) is 100 Å². The van der Waals surface area contributed by atoms with Crippen molar-refractivity contribution in [2.24, 2.45) is 0 Å². The lowest BCUT2D eigenvalue weighted by Crippen LogP contribution is -2.11. The fraction of sp³-hybridized carbons (Fsp3) is 0. The van der Waals surface area contributed by atoms with Crippen LogP contribution in [0.5, 0.6) is 0 Å². The maximum atomic E-state index is 6.85. The monoisotopic (exact) mass is 868 g/mol. The highest BCUT2D eigenvalue weighted by atomic mass is 16.3. The van der Waals surface area contributed by atoms with Gasteiger partial charge in [0, 0.05) is 60.4 Å². The second kappa shape index (κ2) is 15.2. The average Bonchev–Trinajstić information content (AvgIpc) is 4.08. The van der Waals surface area contributed by atoms with Crippen molar-refractivity contribution in [2.75, 3.05) is 4.90 Å². The van der Waals surface area contributed by atoms with Crippen molar-refractivity contribution >= 4 is 93.5 Å². The van der Waals surface area contributed by atoms with Gasteiger partial charge < -0.3 is 18.3 Å². The zero-order valence-electron chi connectivity index (χ0n) is 36.8. The number of anilines is 3. The lowest BCUT2D eigenvalue weighted by molar-refractivity contribution is 0.669. The largest absolute Gasteiger partial charge is 0.456 e. The van der Waals surface area contributed by atoms with E-state index in [2.05, 4.69) is 240 Å². The van der Waals surface area contributed by atoms with E-state index in [4.69, 9.17) is 8.83 Å². The van der Waals surface area contributed by atoms with Gasteiger partial charge in [0.2, 0.25) is 0 Å². The summed E-state index contributed by atoms with van der Waals surface area (Å²) in [6.07, 6.45) is 0. The number of hydrogen-bond acceptors (Lipinski definition) is 3. The lowest BCUT2D eigenvalue weighted by Gasteiger charge is -2.28. The van der Waals surface area contributed by atoms with Crippen molar-refractivity contribution < 1.29 is 8.83 Å². The maximum absolute atomic E-state index is 6.85. The van der Waals surface area contributed by atoms with Crippen LogP contribution in [-0.4, -0.2) is 4.57 Å². The minimum Gasteiger partial charge on any atom is -0.456 e. The molecule has 0 N–H and O–H groups in total. The minimum absolute atomic E-state index is 0.873. The third-order valence-corrected chi connectivity index (χ3v) is 13.8. The number of fused-ring (bicyclic) bond motifs is 10. The van der Waals surface area contributed by atoms with Gasteiger partial charge in [0.1, 0.15) is 22.3 Å². The molecule has 4 heteroatoms. The molecule has 0 bridgehead atoms. The van der Waals surface area contributed by atoms with Crippen LogP contribution >= 0.6 is 0 Å². The van der Waals surface area contributed by atoms with Crippen LogP contribution in [0.1, 0.15) is 0 Å². The number of rotatable bonds is 7. The molecule has 0 unspecified atom stereocenters. The summed E-state index contributed by atoms with van der Waals surface area (Å²) in [6.45, 7) is 0. The number of nitrogens with zero attached hydrogens (tertiary/aromatic N) is 2. The molecule has 0 fully saturated rings. The molecule has 0 saturated carbocycles. The summed E-state index contributed by atoms with van der Waals surface area (Å²) >= 11 is 0. The molecular weight excluding hydrogens is 829 g/mol. The summed E-state index contributed by atoms with van der Waals surface area (Å²) in [6, 6.07) is 86.9. The number of hydrogen-bond donors (Lipinski definition) is 0. The van der Waals surface area contributed by atoms with Crippen molar-refractivity contribution in [3.63, 3.8) is 0 Å². The first-order chi connectivity index (χ1) is 33.7. The van der Waals surface area contributed by atoms with Crippen LogP contribution in [0.15, 0.2) is 251 Å². The number of para-hydroxylation sites is 6. The highest BCUT2D eigenvalue weighted by molar-refractivity contribution is 6.15. The molecule has 0 aliphatic rings. The predicted molar refractivity (Wildman–Crippen MR) is 284 cm³/mol. The average molecular weight is 869 g/mol. The van der Waals surface area contributed by atoms with E-state index in [1.54, 1.807) is 0 Å². The molecule has 14 aromatic rings. The molecule has 0 spiro atoms. The van der Waals surface area contributed by atoms with Crippen LogP contribution in [0.4, 0.5) is 17.1 Å². The van der Waals surface area contributed by atoms with E-state index in [1.807, 2.05) is 12.1 Å². The van der Waals surface area contributed by atoms with Crippen molar-refractivity contribution in [3.8, 4) is 39.1 Å². The third kappa shape index (κ3) is 5.94. The topological polar surface area (TPSA) is 34.5 Å². The molecule has 0 amide bonds. The molecule has 0 atom stereocenters. The first-order valence-corrected chi connectivity index (χ1v) is 23.2. The summed E-state index contributed by atoms with van der Waals surface area (Å²) in [4.78, 5) is 2.38. The quantitative estimate of drug-likeness (QED) is 0.160. The van der Waals surface area contributed by atoms with Crippen molar-refractivity contribution in [1.29, 1.82) is 0 Å². The van der Waals surface area contributed by atoms with E-state index < -0.39 is 0 Å². The molecular formula is C64H40N2O2. The highest BCUT2D eigenvalue weighted by Gasteiger charge is 2.22. The van der Waals surface area contributed by atoms with E-state index in [1.165, 1.54) is 27.2 Å². The maximum Gasteiger partial charge on any atom is 0.143 e. The second-order valence-corrected chi connectivity index (χ2v) is 17.6. The van der Waals surface area contributed by atoms with Crippen molar-refractivity contribution in [1.82, 2.24) is 4.57 Å². The first kappa shape index (κ1) is 38.2. The molecule has 14 rings (SSSR count). The first-order valence-electron chi connectivity index (χ1n) is 23.2. The Morgan fingerprint density at radius 2 is 0.853 bits per heavy atom. The van der Waals surface area contributed by atoms with Crippen molar-refractivity contribution in [3.05, 3.63) is 243 Å². The Kier molecular flexibility index (Phi) is 8.55. The van der Waals surface area contributed by atoms with Gasteiger partial charge >= 0.3 is 0 Å². The molecule has 0 saturated heterocycles. The van der Waals surface area contributed by atoms with Crippen molar-refractivity contribution in [2.45, 2.75) is 0 Å². The molecule has 0 aliphatic heterocycles. The van der Waals surface area contributed by atoms with Gasteiger partial charge in [-0.1, -0.05) is 170 Å². The number of furan rings is 2. The SMILES string of the molecule is c1ccc(N(c2ccc(-c3ccccc3-n3c4ccccc4c4ccccc43)cc2)c2ccc(-c3cccc4oc5ccccc5c34)cc2)c(-c2cccc3c2oc2cc4ccccc4cc23)c1.